The molecule has 2 nitrogen and oxygen atoms in total. The van der Waals surface area contributed by atoms with Gasteiger partial charge in [-0.1, -0.05) is 13.0 Å². The summed E-state index contributed by atoms with van der Waals surface area (Å²) in [4.78, 5) is 0. The SMILES string of the molecule is CCCOCCC(Cc1c(F)cccc1F)NC. The molecular weight excluding hydrogens is 236 g/mol. The first-order valence-corrected chi connectivity index (χ1v) is 6.37. The molecule has 0 aliphatic heterocycles. The van der Waals surface area contributed by atoms with Crippen LogP contribution in [0.2, 0.25) is 0 Å². The highest BCUT2D eigenvalue weighted by Crippen LogP contribution is 2.15. The van der Waals surface area contributed by atoms with Crippen molar-refractivity contribution >= 4 is 0 Å². The lowest BCUT2D eigenvalue weighted by molar-refractivity contribution is 0.125. The highest BCUT2D eigenvalue weighted by atomic mass is 19.1. The van der Waals surface area contributed by atoms with Gasteiger partial charge in [0.1, 0.15) is 11.6 Å². The number of likely N-dealkylation sites (N-methyl/N-ethyl adjacent to an activating group) is 1. The van der Waals surface area contributed by atoms with Crippen molar-refractivity contribution in [1.82, 2.24) is 5.32 Å². The normalized spacial score (nSPS) is 12.7. The second-order valence-corrected chi connectivity index (χ2v) is 4.29. The average Bonchev–Trinajstić information content (AvgIpc) is 2.36. The van der Waals surface area contributed by atoms with E-state index in [9.17, 15) is 8.78 Å². The van der Waals surface area contributed by atoms with Crippen LogP contribution in [-0.4, -0.2) is 26.3 Å². The standard InChI is InChI=1S/C14H21F2NO/c1-3-8-18-9-7-11(17-2)10-12-13(15)5-4-6-14(12)16/h4-6,11,17H,3,7-10H2,1-2H3. The number of hydrogen-bond acceptors (Lipinski definition) is 2. The minimum absolute atomic E-state index is 0.0215. The Labute approximate surface area is 107 Å². The zero-order chi connectivity index (χ0) is 13.4. The molecule has 4 heteroatoms. The summed E-state index contributed by atoms with van der Waals surface area (Å²) in [5, 5.41) is 3.07. The summed E-state index contributed by atoms with van der Waals surface area (Å²) in [6, 6.07) is 3.98. The topological polar surface area (TPSA) is 21.3 Å². The van der Waals surface area contributed by atoms with Gasteiger partial charge in [0.15, 0.2) is 0 Å². The van der Waals surface area contributed by atoms with Crippen LogP contribution in [0.3, 0.4) is 0 Å². The molecule has 0 aliphatic rings. The lowest BCUT2D eigenvalue weighted by Gasteiger charge is -2.17. The molecule has 0 saturated carbocycles. The largest absolute Gasteiger partial charge is 0.381 e. The van der Waals surface area contributed by atoms with E-state index in [0.717, 1.165) is 19.4 Å². The molecule has 0 amide bonds. The smallest absolute Gasteiger partial charge is 0.129 e. The third-order valence-corrected chi connectivity index (χ3v) is 2.88. The van der Waals surface area contributed by atoms with Crippen LogP contribution in [0.5, 0.6) is 0 Å². The Morgan fingerprint density at radius 2 is 1.89 bits per heavy atom. The lowest BCUT2D eigenvalue weighted by Crippen LogP contribution is -2.29. The van der Waals surface area contributed by atoms with Gasteiger partial charge in [-0.25, -0.2) is 8.78 Å². The van der Waals surface area contributed by atoms with Gasteiger partial charge < -0.3 is 10.1 Å². The Hall–Kier alpha value is -1.00. The summed E-state index contributed by atoms with van der Waals surface area (Å²) in [6.07, 6.45) is 2.06. The Kier molecular flexibility index (Phi) is 6.83. The van der Waals surface area contributed by atoms with E-state index in [0.29, 0.717) is 13.0 Å². The van der Waals surface area contributed by atoms with E-state index in [-0.39, 0.29) is 11.6 Å². The van der Waals surface area contributed by atoms with Gasteiger partial charge in [0, 0.05) is 24.8 Å². The summed E-state index contributed by atoms with van der Waals surface area (Å²) in [5.74, 6) is -0.963. The number of nitrogens with one attached hydrogen (secondary N) is 1. The maximum absolute atomic E-state index is 13.5. The van der Waals surface area contributed by atoms with Crippen LogP contribution in [0.15, 0.2) is 18.2 Å². The minimum Gasteiger partial charge on any atom is -0.381 e. The van der Waals surface area contributed by atoms with Crippen LogP contribution < -0.4 is 5.32 Å². The predicted octanol–water partition coefficient (Wildman–Crippen LogP) is 2.91. The van der Waals surface area contributed by atoms with Crippen molar-refractivity contribution in [3.05, 3.63) is 35.4 Å². The third kappa shape index (κ3) is 4.70. The van der Waals surface area contributed by atoms with Crippen molar-refractivity contribution in [2.45, 2.75) is 32.2 Å². The van der Waals surface area contributed by atoms with Crippen molar-refractivity contribution in [1.29, 1.82) is 0 Å². The Balaban J connectivity index is 2.52. The Bertz CT molecular complexity index is 337. The first kappa shape index (κ1) is 15.1. The van der Waals surface area contributed by atoms with Gasteiger partial charge in [0.2, 0.25) is 0 Å². The van der Waals surface area contributed by atoms with Crippen LogP contribution in [-0.2, 0) is 11.2 Å². The second-order valence-electron chi connectivity index (χ2n) is 4.29. The molecule has 0 aliphatic carbocycles. The molecular formula is C14H21F2NO. The molecule has 0 radical (unpaired) electrons. The summed E-state index contributed by atoms with van der Waals surface area (Å²) in [7, 11) is 1.79. The van der Waals surface area contributed by atoms with Crippen molar-refractivity contribution in [2.75, 3.05) is 20.3 Å². The molecule has 1 atom stereocenters. The molecule has 18 heavy (non-hydrogen) atoms. The highest BCUT2D eigenvalue weighted by molar-refractivity contribution is 5.20. The number of ether oxygens (including phenoxy) is 1. The van der Waals surface area contributed by atoms with Crippen molar-refractivity contribution in [3.8, 4) is 0 Å². The number of hydrogen-bond donors (Lipinski definition) is 1. The van der Waals surface area contributed by atoms with Gasteiger partial charge in [0.25, 0.3) is 0 Å². The van der Waals surface area contributed by atoms with Crippen LogP contribution in [0.25, 0.3) is 0 Å². The molecule has 1 unspecified atom stereocenters. The van der Waals surface area contributed by atoms with E-state index in [4.69, 9.17) is 4.74 Å². The fourth-order valence-corrected chi connectivity index (χ4v) is 1.79. The van der Waals surface area contributed by atoms with Gasteiger partial charge in [-0.2, -0.15) is 0 Å². The maximum atomic E-state index is 13.5. The van der Waals surface area contributed by atoms with Gasteiger partial charge in [-0.05, 0) is 38.4 Å². The molecule has 1 aromatic carbocycles. The molecule has 1 aromatic rings. The number of halogens is 2. The molecule has 0 fully saturated rings. The Morgan fingerprint density at radius 1 is 1.22 bits per heavy atom. The fraction of sp³-hybridized carbons (Fsp3) is 0.571. The monoisotopic (exact) mass is 257 g/mol. The summed E-state index contributed by atoms with van der Waals surface area (Å²) < 4.78 is 32.4. The van der Waals surface area contributed by atoms with Crippen molar-refractivity contribution < 1.29 is 13.5 Å². The van der Waals surface area contributed by atoms with E-state index in [1.54, 1.807) is 7.05 Å². The second kappa shape index (κ2) is 8.16. The number of benzene rings is 1. The first-order chi connectivity index (χ1) is 8.69. The third-order valence-electron chi connectivity index (χ3n) is 2.88. The van der Waals surface area contributed by atoms with E-state index < -0.39 is 11.6 Å². The summed E-state index contributed by atoms with van der Waals surface area (Å²) in [5.41, 5.74) is 0.146. The first-order valence-electron chi connectivity index (χ1n) is 6.37. The molecule has 0 bridgehead atoms. The molecule has 0 saturated heterocycles. The van der Waals surface area contributed by atoms with Crippen LogP contribution in [0, 0.1) is 11.6 Å². The molecule has 1 N–H and O–H groups in total. The van der Waals surface area contributed by atoms with Crippen molar-refractivity contribution in [3.63, 3.8) is 0 Å². The van der Waals surface area contributed by atoms with Gasteiger partial charge in [0.05, 0.1) is 0 Å². The van der Waals surface area contributed by atoms with Gasteiger partial charge >= 0.3 is 0 Å². The molecule has 0 aromatic heterocycles. The van der Waals surface area contributed by atoms with Crippen molar-refractivity contribution in [2.24, 2.45) is 0 Å². The quantitative estimate of drug-likeness (QED) is 0.723. The van der Waals surface area contributed by atoms with Crippen LogP contribution in [0.4, 0.5) is 8.78 Å². The van der Waals surface area contributed by atoms with E-state index in [1.165, 1.54) is 18.2 Å². The van der Waals surface area contributed by atoms with Gasteiger partial charge in [-0.15, -0.1) is 0 Å². The zero-order valence-electron chi connectivity index (χ0n) is 11.0. The molecule has 0 spiro atoms. The predicted molar refractivity (Wildman–Crippen MR) is 68.6 cm³/mol. The Morgan fingerprint density at radius 3 is 2.44 bits per heavy atom. The lowest BCUT2D eigenvalue weighted by atomic mass is 10.0. The fourth-order valence-electron chi connectivity index (χ4n) is 1.79. The zero-order valence-corrected chi connectivity index (χ0v) is 11.0. The van der Waals surface area contributed by atoms with Crippen LogP contribution >= 0.6 is 0 Å². The minimum atomic E-state index is -0.482. The molecule has 0 heterocycles. The maximum Gasteiger partial charge on any atom is 0.129 e. The molecule has 1 rings (SSSR count). The van der Waals surface area contributed by atoms with E-state index in [2.05, 4.69) is 5.32 Å². The average molecular weight is 257 g/mol. The number of rotatable bonds is 8. The van der Waals surface area contributed by atoms with E-state index >= 15 is 0 Å². The van der Waals surface area contributed by atoms with Crippen LogP contribution in [0.1, 0.15) is 25.3 Å². The highest BCUT2D eigenvalue weighted by Gasteiger charge is 2.14. The summed E-state index contributed by atoms with van der Waals surface area (Å²) >= 11 is 0. The van der Waals surface area contributed by atoms with E-state index in [1.807, 2.05) is 6.92 Å². The summed E-state index contributed by atoms with van der Waals surface area (Å²) in [6.45, 7) is 3.38. The molecule has 102 valence electrons. The van der Waals surface area contributed by atoms with Gasteiger partial charge in [-0.3, -0.25) is 0 Å².